The Morgan fingerprint density at radius 2 is 1.95 bits per heavy atom. The van der Waals surface area contributed by atoms with Gasteiger partial charge in [0.2, 0.25) is 0 Å². The Morgan fingerprint density at radius 3 is 2.62 bits per heavy atom. The lowest BCUT2D eigenvalue weighted by atomic mass is 9.89. The molecule has 114 valence electrons. The first-order chi connectivity index (χ1) is 10.1. The van der Waals surface area contributed by atoms with Crippen LogP contribution in [0.15, 0.2) is 24.4 Å². The summed E-state index contributed by atoms with van der Waals surface area (Å²) < 4.78 is 0. The van der Waals surface area contributed by atoms with E-state index in [4.69, 9.17) is 11.6 Å². The number of anilines is 1. The van der Waals surface area contributed by atoms with Crippen LogP contribution in [0.2, 0.25) is 5.02 Å². The Kier molecular flexibility index (Phi) is 5.68. The zero-order valence-corrected chi connectivity index (χ0v) is 13.5. The minimum atomic E-state index is -0.254. The van der Waals surface area contributed by atoms with Gasteiger partial charge in [0.05, 0.1) is 10.7 Å². The summed E-state index contributed by atoms with van der Waals surface area (Å²) in [4.78, 5) is 11.9. The molecule has 4 heteroatoms. The molecule has 0 aromatic heterocycles. The largest absolute Gasteiger partial charge is 0.323 e. The summed E-state index contributed by atoms with van der Waals surface area (Å²) in [6.07, 6.45) is 10.2. The number of aryl methyl sites for hydroxylation is 2. The normalized spacial score (nSPS) is 16.1. The monoisotopic (exact) mass is 306 g/mol. The molecule has 1 aromatic carbocycles. The molecule has 0 bridgehead atoms. The van der Waals surface area contributed by atoms with Crippen LogP contribution in [0.3, 0.4) is 0 Å². The van der Waals surface area contributed by atoms with Crippen LogP contribution >= 0.6 is 11.6 Å². The van der Waals surface area contributed by atoms with E-state index in [1.165, 1.54) is 32.1 Å². The average molecular weight is 307 g/mol. The summed E-state index contributed by atoms with van der Waals surface area (Å²) in [6.45, 7) is 3.92. The fourth-order valence-electron chi connectivity index (χ4n) is 2.81. The lowest BCUT2D eigenvalue weighted by Gasteiger charge is -2.17. The number of allylic oxidation sites excluding steroid dienone is 1. The molecule has 1 aromatic rings. The molecular weight excluding hydrogens is 284 g/mol. The molecule has 0 atom stereocenters. The molecular formula is C17H23ClN2O. The zero-order chi connectivity index (χ0) is 15.2. The molecule has 1 aliphatic rings. The number of carbonyl (C=O) groups excluding carboxylic acids is 1. The van der Waals surface area contributed by atoms with Crippen LogP contribution in [-0.2, 0) is 0 Å². The number of rotatable bonds is 3. The van der Waals surface area contributed by atoms with Crippen molar-refractivity contribution in [2.75, 3.05) is 5.32 Å². The number of carbonyl (C=O) groups is 1. The van der Waals surface area contributed by atoms with Crippen LogP contribution in [0.5, 0.6) is 0 Å². The van der Waals surface area contributed by atoms with Crippen molar-refractivity contribution in [2.24, 2.45) is 5.92 Å². The minimum Gasteiger partial charge on any atom is -0.315 e. The summed E-state index contributed by atoms with van der Waals surface area (Å²) >= 11 is 6.17. The Bertz CT molecular complexity index is 511. The van der Waals surface area contributed by atoms with Crippen molar-refractivity contribution in [2.45, 2.75) is 46.0 Å². The highest BCUT2D eigenvalue weighted by Gasteiger charge is 2.11. The maximum Gasteiger partial charge on any atom is 0.323 e. The van der Waals surface area contributed by atoms with E-state index in [9.17, 15) is 4.79 Å². The van der Waals surface area contributed by atoms with Crippen LogP contribution in [0.4, 0.5) is 10.5 Å². The summed E-state index contributed by atoms with van der Waals surface area (Å²) in [5.41, 5.74) is 2.72. The Hall–Kier alpha value is -1.48. The van der Waals surface area contributed by atoms with E-state index < -0.39 is 0 Å². The molecule has 1 fully saturated rings. The molecule has 0 heterocycles. The molecule has 0 spiro atoms. The van der Waals surface area contributed by atoms with Gasteiger partial charge in [-0.05, 0) is 49.8 Å². The topological polar surface area (TPSA) is 41.1 Å². The Morgan fingerprint density at radius 1 is 1.24 bits per heavy atom. The number of nitrogens with one attached hydrogen (secondary N) is 2. The fourth-order valence-corrected chi connectivity index (χ4v) is 3.18. The number of urea groups is 1. The number of halogens is 1. The Labute approximate surface area is 131 Å². The average Bonchev–Trinajstić information content (AvgIpc) is 2.44. The molecule has 3 nitrogen and oxygen atoms in total. The molecule has 2 N–H and O–H groups in total. The van der Waals surface area contributed by atoms with Gasteiger partial charge in [-0.15, -0.1) is 0 Å². The van der Waals surface area contributed by atoms with Crippen molar-refractivity contribution in [1.82, 2.24) is 5.32 Å². The molecule has 0 aliphatic heterocycles. The van der Waals surface area contributed by atoms with Crippen molar-refractivity contribution in [3.8, 4) is 0 Å². The number of hydrogen-bond acceptors (Lipinski definition) is 1. The van der Waals surface area contributed by atoms with E-state index in [1.54, 1.807) is 6.20 Å². The molecule has 2 amide bonds. The van der Waals surface area contributed by atoms with E-state index in [0.29, 0.717) is 16.6 Å². The Balaban J connectivity index is 1.88. The van der Waals surface area contributed by atoms with E-state index >= 15 is 0 Å². The predicted octanol–water partition coefficient (Wildman–Crippen LogP) is 5.17. The highest BCUT2D eigenvalue weighted by atomic mass is 35.5. The summed E-state index contributed by atoms with van der Waals surface area (Å²) in [5, 5.41) is 6.14. The van der Waals surface area contributed by atoms with Crippen LogP contribution < -0.4 is 10.6 Å². The third kappa shape index (κ3) is 4.78. The quantitative estimate of drug-likeness (QED) is 0.794. The van der Waals surface area contributed by atoms with Crippen LogP contribution in [0.1, 0.15) is 43.2 Å². The maximum atomic E-state index is 11.9. The van der Waals surface area contributed by atoms with Crippen molar-refractivity contribution in [3.05, 3.63) is 40.6 Å². The second kappa shape index (κ2) is 7.51. The molecule has 1 saturated carbocycles. The van der Waals surface area contributed by atoms with Gasteiger partial charge in [0.1, 0.15) is 0 Å². The van der Waals surface area contributed by atoms with Crippen LogP contribution in [-0.4, -0.2) is 6.03 Å². The molecule has 0 unspecified atom stereocenters. The first-order valence-electron chi connectivity index (χ1n) is 7.57. The first-order valence-corrected chi connectivity index (χ1v) is 7.95. The zero-order valence-electron chi connectivity index (χ0n) is 12.7. The number of amides is 2. The lowest BCUT2D eigenvalue weighted by Crippen LogP contribution is -2.24. The van der Waals surface area contributed by atoms with Gasteiger partial charge in [-0.25, -0.2) is 4.79 Å². The van der Waals surface area contributed by atoms with E-state index in [2.05, 4.69) is 16.7 Å². The molecule has 0 saturated heterocycles. The highest BCUT2D eigenvalue weighted by Crippen LogP contribution is 2.27. The third-order valence-electron chi connectivity index (χ3n) is 3.90. The van der Waals surface area contributed by atoms with Crippen LogP contribution in [0.25, 0.3) is 0 Å². The molecule has 0 radical (unpaired) electrons. The number of hydrogen-bond donors (Lipinski definition) is 2. The third-order valence-corrected chi connectivity index (χ3v) is 4.20. The molecule has 21 heavy (non-hydrogen) atoms. The van der Waals surface area contributed by atoms with Gasteiger partial charge < -0.3 is 10.6 Å². The van der Waals surface area contributed by atoms with Crippen LogP contribution in [0, 0.1) is 19.8 Å². The first kappa shape index (κ1) is 15.9. The second-order valence-electron chi connectivity index (χ2n) is 5.79. The summed E-state index contributed by atoms with van der Waals surface area (Å²) in [7, 11) is 0. The number of benzene rings is 1. The smallest absolute Gasteiger partial charge is 0.315 e. The molecule has 2 rings (SSSR count). The van der Waals surface area contributed by atoms with Gasteiger partial charge in [0.25, 0.3) is 0 Å². The standard InChI is InChI=1S/C17H23ClN2O/c1-12-10-13(2)16(15(18)11-12)20-17(21)19-9-8-14-6-4-3-5-7-14/h8-11,14H,3-7H2,1-2H3,(H2,19,20,21)/b9-8+. The van der Waals surface area contributed by atoms with E-state index in [1.807, 2.05) is 26.0 Å². The van der Waals surface area contributed by atoms with Gasteiger partial charge in [-0.1, -0.05) is 43.0 Å². The van der Waals surface area contributed by atoms with Crippen molar-refractivity contribution in [3.63, 3.8) is 0 Å². The second-order valence-corrected chi connectivity index (χ2v) is 6.20. The van der Waals surface area contributed by atoms with Crippen molar-refractivity contribution in [1.29, 1.82) is 0 Å². The maximum absolute atomic E-state index is 11.9. The van der Waals surface area contributed by atoms with Crippen molar-refractivity contribution >= 4 is 23.3 Å². The van der Waals surface area contributed by atoms with Gasteiger partial charge in [-0.2, -0.15) is 0 Å². The fraction of sp³-hybridized carbons (Fsp3) is 0.471. The minimum absolute atomic E-state index is 0.254. The highest BCUT2D eigenvalue weighted by molar-refractivity contribution is 6.34. The SMILES string of the molecule is Cc1cc(C)c(NC(=O)N/C=C/C2CCCCC2)c(Cl)c1. The van der Waals surface area contributed by atoms with E-state index in [0.717, 1.165) is 11.1 Å². The van der Waals surface area contributed by atoms with Crippen molar-refractivity contribution < 1.29 is 4.79 Å². The van der Waals surface area contributed by atoms with Gasteiger partial charge in [0.15, 0.2) is 0 Å². The predicted molar refractivity (Wildman–Crippen MR) is 88.8 cm³/mol. The van der Waals surface area contributed by atoms with Gasteiger partial charge >= 0.3 is 6.03 Å². The summed E-state index contributed by atoms with van der Waals surface area (Å²) in [6, 6.07) is 3.59. The summed E-state index contributed by atoms with van der Waals surface area (Å²) in [5.74, 6) is 0.601. The van der Waals surface area contributed by atoms with Gasteiger partial charge in [0, 0.05) is 6.20 Å². The van der Waals surface area contributed by atoms with Gasteiger partial charge in [-0.3, -0.25) is 0 Å². The lowest BCUT2D eigenvalue weighted by molar-refractivity contribution is 0.255. The molecule has 1 aliphatic carbocycles. The van der Waals surface area contributed by atoms with E-state index in [-0.39, 0.29) is 6.03 Å².